The average molecular weight is 356 g/mol. The molecule has 1 aromatic carbocycles. The SMILES string of the molecule is C=Cc1ccc(C(=O)OC2(C)CCCC2)cc1I. The second kappa shape index (κ2) is 5.43. The summed E-state index contributed by atoms with van der Waals surface area (Å²) in [6.07, 6.45) is 6.03. The lowest BCUT2D eigenvalue weighted by atomic mass is 10.1. The van der Waals surface area contributed by atoms with Gasteiger partial charge in [-0.3, -0.25) is 0 Å². The van der Waals surface area contributed by atoms with Crippen molar-refractivity contribution >= 4 is 34.6 Å². The predicted molar refractivity (Wildman–Crippen MR) is 81.5 cm³/mol. The predicted octanol–water partition coefficient (Wildman–Crippen LogP) is 4.42. The summed E-state index contributed by atoms with van der Waals surface area (Å²) in [5, 5.41) is 0. The third-order valence-corrected chi connectivity index (χ3v) is 4.39. The third-order valence-electron chi connectivity index (χ3n) is 3.46. The van der Waals surface area contributed by atoms with Crippen LogP contribution in [0.2, 0.25) is 0 Å². The molecular weight excluding hydrogens is 339 g/mol. The number of hydrogen-bond acceptors (Lipinski definition) is 2. The quantitative estimate of drug-likeness (QED) is 0.592. The van der Waals surface area contributed by atoms with Crippen LogP contribution in [-0.4, -0.2) is 11.6 Å². The highest BCUT2D eigenvalue weighted by Crippen LogP contribution is 2.33. The summed E-state index contributed by atoms with van der Waals surface area (Å²) in [4.78, 5) is 12.1. The Morgan fingerprint density at radius 2 is 2.11 bits per heavy atom. The van der Waals surface area contributed by atoms with E-state index in [9.17, 15) is 4.79 Å². The molecule has 1 aliphatic rings. The van der Waals surface area contributed by atoms with Crippen LogP contribution >= 0.6 is 22.6 Å². The smallest absolute Gasteiger partial charge is 0.338 e. The Balaban J connectivity index is 2.14. The normalized spacial score (nSPS) is 17.4. The Hall–Kier alpha value is -0.840. The second-order valence-corrected chi connectivity index (χ2v) is 6.15. The van der Waals surface area contributed by atoms with E-state index in [0.29, 0.717) is 5.56 Å². The molecule has 0 bridgehead atoms. The summed E-state index contributed by atoms with van der Waals surface area (Å²) in [6, 6.07) is 5.57. The molecule has 0 amide bonds. The molecule has 96 valence electrons. The summed E-state index contributed by atoms with van der Waals surface area (Å²) < 4.78 is 6.67. The fraction of sp³-hybridized carbons (Fsp3) is 0.400. The largest absolute Gasteiger partial charge is 0.456 e. The Morgan fingerprint density at radius 1 is 1.44 bits per heavy atom. The second-order valence-electron chi connectivity index (χ2n) is 4.99. The molecular formula is C15H17IO2. The first-order valence-corrected chi connectivity index (χ1v) is 7.27. The number of carbonyl (C=O) groups is 1. The lowest BCUT2D eigenvalue weighted by Gasteiger charge is -2.24. The maximum Gasteiger partial charge on any atom is 0.338 e. The standard InChI is InChI=1S/C15H17IO2/c1-3-11-6-7-12(10-13(11)16)14(17)18-15(2)8-4-5-9-15/h3,6-7,10H,1,4-5,8-9H2,2H3. The van der Waals surface area contributed by atoms with E-state index in [-0.39, 0.29) is 11.6 Å². The van der Waals surface area contributed by atoms with Crippen molar-refractivity contribution in [2.24, 2.45) is 0 Å². The van der Waals surface area contributed by atoms with Gasteiger partial charge in [0.05, 0.1) is 5.56 Å². The van der Waals surface area contributed by atoms with Crippen LogP contribution in [0.3, 0.4) is 0 Å². The lowest BCUT2D eigenvalue weighted by Crippen LogP contribution is -2.28. The molecule has 1 fully saturated rings. The van der Waals surface area contributed by atoms with Crippen LogP contribution < -0.4 is 0 Å². The maximum absolute atomic E-state index is 12.1. The number of esters is 1. The molecule has 0 N–H and O–H groups in total. The third kappa shape index (κ3) is 2.94. The highest BCUT2D eigenvalue weighted by Gasteiger charge is 2.32. The molecule has 0 heterocycles. The molecule has 3 heteroatoms. The zero-order chi connectivity index (χ0) is 13.2. The molecule has 0 saturated heterocycles. The van der Waals surface area contributed by atoms with Crippen molar-refractivity contribution in [3.8, 4) is 0 Å². The number of hydrogen-bond donors (Lipinski definition) is 0. The van der Waals surface area contributed by atoms with Crippen LogP contribution in [0.25, 0.3) is 6.08 Å². The molecule has 2 nitrogen and oxygen atoms in total. The number of halogens is 1. The highest BCUT2D eigenvalue weighted by atomic mass is 127. The van der Waals surface area contributed by atoms with Crippen molar-refractivity contribution in [3.05, 3.63) is 39.5 Å². The van der Waals surface area contributed by atoms with E-state index < -0.39 is 0 Å². The zero-order valence-electron chi connectivity index (χ0n) is 10.5. The van der Waals surface area contributed by atoms with Gasteiger partial charge in [-0.05, 0) is 72.9 Å². The van der Waals surface area contributed by atoms with Gasteiger partial charge in [0.25, 0.3) is 0 Å². The molecule has 1 saturated carbocycles. The van der Waals surface area contributed by atoms with Gasteiger partial charge in [0.2, 0.25) is 0 Å². The van der Waals surface area contributed by atoms with Gasteiger partial charge in [-0.25, -0.2) is 4.79 Å². The van der Waals surface area contributed by atoms with Crippen molar-refractivity contribution < 1.29 is 9.53 Å². The lowest BCUT2D eigenvalue weighted by molar-refractivity contribution is -0.00609. The first-order chi connectivity index (χ1) is 8.54. The van der Waals surface area contributed by atoms with E-state index in [2.05, 4.69) is 29.2 Å². The van der Waals surface area contributed by atoms with E-state index in [1.165, 1.54) is 0 Å². The van der Waals surface area contributed by atoms with E-state index in [0.717, 1.165) is 34.8 Å². The van der Waals surface area contributed by atoms with Gasteiger partial charge in [0.1, 0.15) is 5.60 Å². The summed E-state index contributed by atoms with van der Waals surface area (Å²) in [6.45, 7) is 5.77. The maximum atomic E-state index is 12.1. The summed E-state index contributed by atoms with van der Waals surface area (Å²) in [5.41, 5.74) is 1.40. The molecule has 0 spiro atoms. The van der Waals surface area contributed by atoms with Crippen molar-refractivity contribution in [1.82, 2.24) is 0 Å². The average Bonchev–Trinajstić information content (AvgIpc) is 2.75. The van der Waals surface area contributed by atoms with E-state index in [1.807, 2.05) is 19.1 Å². The molecule has 0 aromatic heterocycles. The Bertz CT molecular complexity index is 473. The Kier molecular flexibility index (Phi) is 4.10. The van der Waals surface area contributed by atoms with Crippen molar-refractivity contribution in [2.75, 3.05) is 0 Å². The van der Waals surface area contributed by atoms with Crippen molar-refractivity contribution in [3.63, 3.8) is 0 Å². The molecule has 0 unspecified atom stereocenters. The first-order valence-electron chi connectivity index (χ1n) is 6.19. The first kappa shape index (κ1) is 13.6. The summed E-state index contributed by atoms with van der Waals surface area (Å²) >= 11 is 2.21. The molecule has 0 radical (unpaired) electrons. The molecule has 1 aromatic rings. The number of ether oxygens (including phenoxy) is 1. The topological polar surface area (TPSA) is 26.3 Å². The van der Waals surface area contributed by atoms with E-state index in [4.69, 9.17) is 4.74 Å². The number of benzene rings is 1. The number of carbonyl (C=O) groups excluding carboxylic acids is 1. The fourth-order valence-corrected chi connectivity index (χ4v) is 3.06. The summed E-state index contributed by atoms with van der Waals surface area (Å²) in [7, 11) is 0. The van der Waals surface area contributed by atoms with Crippen LogP contribution in [0.1, 0.15) is 48.5 Å². The van der Waals surface area contributed by atoms with E-state index >= 15 is 0 Å². The fourth-order valence-electron chi connectivity index (χ4n) is 2.33. The van der Waals surface area contributed by atoms with Crippen LogP contribution in [0.4, 0.5) is 0 Å². The van der Waals surface area contributed by atoms with Gasteiger partial charge in [-0.1, -0.05) is 18.7 Å². The van der Waals surface area contributed by atoms with Gasteiger partial charge in [-0.15, -0.1) is 0 Å². The Labute approximate surface area is 122 Å². The van der Waals surface area contributed by atoms with Gasteiger partial charge in [0, 0.05) is 3.57 Å². The zero-order valence-corrected chi connectivity index (χ0v) is 12.7. The van der Waals surface area contributed by atoms with Crippen LogP contribution in [0, 0.1) is 3.57 Å². The van der Waals surface area contributed by atoms with Gasteiger partial charge in [-0.2, -0.15) is 0 Å². The molecule has 18 heavy (non-hydrogen) atoms. The molecule has 2 rings (SSSR count). The van der Waals surface area contributed by atoms with Crippen molar-refractivity contribution in [2.45, 2.75) is 38.2 Å². The molecule has 0 aliphatic heterocycles. The summed E-state index contributed by atoms with van der Waals surface area (Å²) in [5.74, 6) is -0.215. The van der Waals surface area contributed by atoms with Crippen molar-refractivity contribution in [1.29, 1.82) is 0 Å². The van der Waals surface area contributed by atoms with Crippen LogP contribution in [0.15, 0.2) is 24.8 Å². The van der Waals surface area contributed by atoms with E-state index in [1.54, 1.807) is 12.1 Å². The molecule has 0 atom stereocenters. The van der Waals surface area contributed by atoms with Crippen LogP contribution in [0.5, 0.6) is 0 Å². The Morgan fingerprint density at radius 3 is 2.67 bits per heavy atom. The minimum Gasteiger partial charge on any atom is -0.456 e. The number of rotatable bonds is 3. The van der Waals surface area contributed by atoms with Crippen LogP contribution in [-0.2, 0) is 4.74 Å². The van der Waals surface area contributed by atoms with Gasteiger partial charge in [0.15, 0.2) is 0 Å². The van der Waals surface area contributed by atoms with Gasteiger partial charge < -0.3 is 4.74 Å². The monoisotopic (exact) mass is 356 g/mol. The van der Waals surface area contributed by atoms with Gasteiger partial charge >= 0.3 is 5.97 Å². The molecule has 1 aliphatic carbocycles. The minimum atomic E-state index is -0.264. The minimum absolute atomic E-state index is 0.215. The highest BCUT2D eigenvalue weighted by molar-refractivity contribution is 14.1.